The zero-order chi connectivity index (χ0) is 11.4. The van der Waals surface area contributed by atoms with Crippen LogP contribution in [0.1, 0.15) is 15.9 Å². The number of carbonyl (C=O) groups excluding carboxylic acids is 1. The predicted octanol–water partition coefficient (Wildman–Crippen LogP) is 1.64. The normalized spacial score (nSPS) is 9.20. The highest BCUT2D eigenvalue weighted by Crippen LogP contribution is 2.30. The molecule has 0 unspecified atom stereocenters. The van der Waals surface area contributed by atoms with Crippen LogP contribution in [0.3, 0.4) is 0 Å². The predicted molar refractivity (Wildman–Crippen MR) is 56.3 cm³/mol. The Morgan fingerprint density at radius 1 is 1.47 bits per heavy atom. The number of carbonyl (C=O) groups is 1. The summed E-state index contributed by atoms with van der Waals surface area (Å²) in [6.45, 7) is 0. The Balaban J connectivity index is 3.39. The van der Waals surface area contributed by atoms with Crippen LogP contribution in [0, 0.1) is 11.3 Å². The van der Waals surface area contributed by atoms with E-state index in [2.05, 4.69) is 17.4 Å². The van der Waals surface area contributed by atoms with Gasteiger partial charge in [0.05, 0.1) is 24.7 Å². The van der Waals surface area contributed by atoms with Gasteiger partial charge in [0.15, 0.2) is 0 Å². The minimum atomic E-state index is -0.522. The molecule has 0 fully saturated rings. The second-order valence-electron chi connectivity index (χ2n) is 2.65. The van der Waals surface area contributed by atoms with Gasteiger partial charge in [-0.05, 0) is 12.1 Å². The zero-order valence-electron chi connectivity index (χ0n) is 8.27. The Hall–Kier alpha value is -1.67. The Morgan fingerprint density at radius 3 is 2.60 bits per heavy atom. The summed E-state index contributed by atoms with van der Waals surface area (Å²) in [5, 5.41) is 8.75. The molecule has 0 radical (unpaired) electrons. The van der Waals surface area contributed by atoms with E-state index in [1.165, 1.54) is 26.4 Å². The Morgan fingerprint density at radius 2 is 2.13 bits per heavy atom. The third kappa shape index (κ3) is 2.05. The molecule has 0 bridgehead atoms. The largest absolute Gasteiger partial charge is 0.495 e. The maximum atomic E-state index is 11.3. The molecule has 15 heavy (non-hydrogen) atoms. The van der Waals surface area contributed by atoms with Crippen LogP contribution in [0.25, 0.3) is 0 Å². The SMILES string of the molecule is COC(=O)c1ccc(C#N)c(S)c1OC. The molecule has 0 N–H and O–H groups in total. The molecule has 0 saturated heterocycles. The summed E-state index contributed by atoms with van der Waals surface area (Å²) >= 11 is 4.12. The number of methoxy groups -OCH3 is 2. The average molecular weight is 223 g/mol. The van der Waals surface area contributed by atoms with E-state index in [1.807, 2.05) is 6.07 Å². The van der Waals surface area contributed by atoms with Crippen molar-refractivity contribution in [3.05, 3.63) is 23.3 Å². The molecule has 4 nitrogen and oxygen atoms in total. The molecular weight excluding hydrogens is 214 g/mol. The van der Waals surface area contributed by atoms with E-state index in [0.29, 0.717) is 10.5 Å². The number of benzene rings is 1. The van der Waals surface area contributed by atoms with Gasteiger partial charge in [-0.2, -0.15) is 5.26 Å². The van der Waals surface area contributed by atoms with E-state index in [0.717, 1.165) is 0 Å². The molecule has 0 atom stereocenters. The van der Waals surface area contributed by atoms with Gasteiger partial charge in [0.1, 0.15) is 17.4 Å². The van der Waals surface area contributed by atoms with Gasteiger partial charge in [-0.3, -0.25) is 0 Å². The highest BCUT2D eigenvalue weighted by atomic mass is 32.1. The fraction of sp³-hybridized carbons (Fsp3) is 0.200. The summed E-state index contributed by atoms with van der Waals surface area (Å²) < 4.78 is 9.58. The highest BCUT2D eigenvalue weighted by Gasteiger charge is 2.17. The van der Waals surface area contributed by atoms with Crippen LogP contribution in [0.5, 0.6) is 5.75 Å². The van der Waals surface area contributed by atoms with Crippen molar-refractivity contribution in [3.63, 3.8) is 0 Å². The van der Waals surface area contributed by atoms with Gasteiger partial charge in [-0.1, -0.05) is 0 Å². The lowest BCUT2D eigenvalue weighted by molar-refractivity contribution is 0.0596. The molecule has 0 aliphatic rings. The number of esters is 1. The van der Waals surface area contributed by atoms with Gasteiger partial charge >= 0.3 is 5.97 Å². The van der Waals surface area contributed by atoms with Crippen molar-refractivity contribution in [2.45, 2.75) is 4.90 Å². The van der Waals surface area contributed by atoms with Gasteiger partial charge in [-0.15, -0.1) is 12.6 Å². The molecule has 0 aromatic heterocycles. The molecule has 5 heteroatoms. The summed E-state index contributed by atoms with van der Waals surface area (Å²) in [5.41, 5.74) is 0.604. The van der Waals surface area contributed by atoms with Crippen LogP contribution in [0.15, 0.2) is 17.0 Å². The van der Waals surface area contributed by atoms with Crippen molar-refractivity contribution in [2.24, 2.45) is 0 Å². The van der Waals surface area contributed by atoms with Crippen LogP contribution in [0.4, 0.5) is 0 Å². The van der Waals surface area contributed by atoms with Crippen LogP contribution >= 0.6 is 12.6 Å². The number of hydrogen-bond acceptors (Lipinski definition) is 5. The van der Waals surface area contributed by atoms with E-state index in [4.69, 9.17) is 10.00 Å². The third-order valence-corrected chi connectivity index (χ3v) is 2.31. The van der Waals surface area contributed by atoms with Crippen LogP contribution in [0.2, 0.25) is 0 Å². The molecular formula is C10H9NO3S. The van der Waals surface area contributed by atoms with Crippen LogP contribution in [-0.2, 0) is 4.74 Å². The summed E-state index contributed by atoms with van der Waals surface area (Å²) in [5.74, 6) is -0.268. The van der Waals surface area contributed by atoms with Gasteiger partial charge in [0, 0.05) is 0 Å². The first kappa shape index (κ1) is 11.4. The fourth-order valence-electron chi connectivity index (χ4n) is 1.14. The Labute approximate surface area is 92.8 Å². The molecule has 0 heterocycles. The van der Waals surface area contributed by atoms with E-state index in [9.17, 15) is 4.79 Å². The third-order valence-electron chi connectivity index (χ3n) is 1.86. The summed E-state index contributed by atoms with van der Waals surface area (Å²) in [6, 6.07) is 4.92. The van der Waals surface area contributed by atoms with Crippen molar-refractivity contribution in [1.29, 1.82) is 5.26 Å². The van der Waals surface area contributed by atoms with Crippen molar-refractivity contribution in [2.75, 3.05) is 14.2 Å². The molecule has 0 saturated carbocycles. The number of thiol groups is 1. The molecule has 78 valence electrons. The maximum absolute atomic E-state index is 11.3. The van der Waals surface area contributed by atoms with E-state index < -0.39 is 5.97 Å². The fourth-order valence-corrected chi connectivity index (χ4v) is 1.47. The average Bonchev–Trinajstić information content (AvgIpc) is 2.27. The van der Waals surface area contributed by atoms with Gasteiger partial charge in [-0.25, -0.2) is 4.79 Å². The van der Waals surface area contributed by atoms with Crippen molar-refractivity contribution < 1.29 is 14.3 Å². The number of nitrogens with zero attached hydrogens (tertiary/aromatic N) is 1. The Kier molecular flexibility index (Phi) is 3.58. The van der Waals surface area contributed by atoms with E-state index in [1.54, 1.807) is 0 Å². The minimum absolute atomic E-state index is 0.254. The zero-order valence-corrected chi connectivity index (χ0v) is 9.17. The maximum Gasteiger partial charge on any atom is 0.341 e. The summed E-state index contributed by atoms with van der Waals surface area (Å²) in [4.78, 5) is 11.7. The number of rotatable bonds is 2. The molecule has 0 aliphatic carbocycles. The summed E-state index contributed by atoms with van der Waals surface area (Å²) in [7, 11) is 2.68. The monoisotopic (exact) mass is 223 g/mol. The molecule has 1 rings (SSSR count). The quantitative estimate of drug-likeness (QED) is 0.611. The van der Waals surface area contributed by atoms with Gasteiger partial charge < -0.3 is 9.47 Å². The van der Waals surface area contributed by atoms with Crippen LogP contribution < -0.4 is 4.74 Å². The molecule has 1 aromatic rings. The highest BCUT2D eigenvalue weighted by molar-refractivity contribution is 7.80. The van der Waals surface area contributed by atoms with Crippen molar-refractivity contribution in [1.82, 2.24) is 0 Å². The Bertz CT molecular complexity index is 437. The standard InChI is InChI=1S/C10H9NO3S/c1-13-8-7(10(12)14-2)4-3-6(5-11)9(8)15/h3-4,15H,1-2H3. The number of nitriles is 1. The molecule has 0 spiro atoms. The van der Waals surface area contributed by atoms with Gasteiger partial charge in [0.2, 0.25) is 0 Å². The first-order valence-corrected chi connectivity index (χ1v) is 4.48. The topological polar surface area (TPSA) is 59.3 Å². The lowest BCUT2D eigenvalue weighted by Crippen LogP contribution is -2.05. The second-order valence-corrected chi connectivity index (χ2v) is 3.09. The lowest BCUT2D eigenvalue weighted by Gasteiger charge is -2.09. The van der Waals surface area contributed by atoms with Crippen LogP contribution in [-0.4, -0.2) is 20.2 Å². The van der Waals surface area contributed by atoms with Crippen molar-refractivity contribution in [3.8, 4) is 11.8 Å². The smallest absolute Gasteiger partial charge is 0.341 e. The first-order valence-electron chi connectivity index (χ1n) is 4.04. The molecule has 0 amide bonds. The summed E-state index contributed by atoms with van der Waals surface area (Å²) in [6.07, 6.45) is 0. The molecule has 1 aromatic carbocycles. The first-order chi connectivity index (χ1) is 7.15. The molecule has 0 aliphatic heterocycles. The van der Waals surface area contributed by atoms with Crippen molar-refractivity contribution >= 4 is 18.6 Å². The number of ether oxygens (including phenoxy) is 2. The van der Waals surface area contributed by atoms with Gasteiger partial charge in [0.25, 0.3) is 0 Å². The van der Waals surface area contributed by atoms with E-state index >= 15 is 0 Å². The lowest BCUT2D eigenvalue weighted by atomic mass is 10.1. The number of hydrogen-bond donors (Lipinski definition) is 1. The minimum Gasteiger partial charge on any atom is -0.495 e. The van der Waals surface area contributed by atoms with E-state index in [-0.39, 0.29) is 11.3 Å². The second kappa shape index (κ2) is 4.71.